The van der Waals surface area contributed by atoms with E-state index < -0.39 is 17.7 Å². The van der Waals surface area contributed by atoms with Crippen molar-refractivity contribution < 1.29 is 19.1 Å². The van der Waals surface area contributed by atoms with Gasteiger partial charge in [-0.1, -0.05) is 18.2 Å². The van der Waals surface area contributed by atoms with Gasteiger partial charge in [-0.05, 0) is 45.7 Å². The van der Waals surface area contributed by atoms with Gasteiger partial charge in [-0.2, -0.15) is 0 Å². The number of benzene rings is 1. The number of hydrogen-bond acceptors (Lipinski definition) is 5. The van der Waals surface area contributed by atoms with Crippen LogP contribution in [0.1, 0.15) is 33.6 Å². The maximum atomic E-state index is 12.6. The number of hydrogen-bond donors (Lipinski definition) is 0. The van der Waals surface area contributed by atoms with Crippen LogP contribution in [0.15, 0.2) is 30.3 Å². The van der Waals surface area contributed by atoms with Crippen LogP contribution in [0.3, 0.4) is 0 Å². The van der Waals surface area contributed by atoms with Gasteiger partial charge in [0.25, 0.3) is 0 Å². The van der Waals surface area contributed by atoms with E-state index in [-0.39, 0.29) is 5.97 Å². The first kappa shape index (κ1) is 17.1. The fraction of sp³-hybridized carbons (Fsp3) is 0.529. The zero-order valence-corrected chi connectivity index (χ0v) is 14.1. The van der Waals surface area contributed by atoms with Gasteiger partial charge in [0, 0.05) is 6.54 Å². The molecule has 126 valence electrons. The number of anilines is 1. The van der Waals surface area contributed by atoms with E-state index in [1.165, 1.54) is 12.1 Å². The number of rotatable bonds is 2. The lowest BCUT2D eigenvalue weighted by Crippen LogP contribution is -2.59. The summed E-state index contributed by atoms with van der Waals surface area (Å²) in [7, 11) is 1.36. The maximum Gasteiger partial charge on any atom is 0.429 e. The Bertz CT molecular complexity index is 553. The van der Waals surface area contributed by atoms with Crippen molar-refractivity contribution in [3.8, 4) is 0 Å². The molecule has 1 atom stereocenters. The maximum absolute atomic E-state index is 12.6. The molecule has 2 rings (SSSR count). The number of methoxy groups -OCH3 is 1. The van der Waals surface area contributed by atoms with Crippen molar-refractivity contribution in [3.63, 3.8) is 0 Å². The molecule has 1 amide bonds. The van der Waals surface area contributed by atoms with Gasteiger partial charge < -0.3 is 9.47 Å². The summed E-state index contributed by atoms with van der Waals surface area (Å²) in [6.07, 6.45) is 0.874. The average Bonchev–Trinajstić information content (AvgIpc) is 2.52. The molecule has 23 heavy (non-hydrogen) atoms. The van der Waals surface area contributed by atoms with Crippen LogP contribution < -0.4 is 5.01 Å². The normalized spacial score (nSPS) is 18.5. The molecular formula is C17H24N2O4. The molecule has 0 N–H and O–H groups in total. The van der Waals surface area contributed by atoms with E-state index in [2.05, 4.69) is 0 Å². The second kappa shape index (κ2) is 6.89. The van der Waals surface area contributed by atoms with Crippen LogP contribution in [0.5, 0.6) is 0 Å². The lowest BCUT2D eigenvalue weighted by Gasteiger charge is -2.44. The Balaban J connectivity index is 2.34. The van der Waals surface area contributed by atoms with E-state index in [0.717, 1.165) is 5.69 Å². The topological polar surface area (TPSA) is 59.1 Å². The molecule has 0 bridgehead atoms. The fourth-order valence-electron chi connectivity index (χ4n) is 2.58. The van der Waals surface area contributed by atoms with Crippen molar-refractivity contribution in [1.29, 1.82) is 0 Å². The monoisotopic (exact) mass is 320 g/mol. The Morgan fingerprint density at radius 1 is 1.17 bits per heavy atom. The summed E-state index contributed by atoms with van der Waals surface area (Å²) in [5.74, 6) is -0.359. The lowest BCUT2D eigenvalue weighted by molar-refractivity contribution is -0.144. The molecule has 6 nitrogen and oxygen atoms in total. The first-order valence-corrected chi connectivity index (χ1v) is 7.76. The molecule has 0 radical (unpaired) electrons. The van der Waals surface area contributed by atoms with Gasteiger partial charge in [0.1, 0.15) is 11.6 Å². The van der Waals surface area contributed by atoms with Crippen molar-refractivity contribution in [1.82, 2.24) is 5.01 Å². The van der Waals surface area contributed by atoms with Crippen LogP contribution in [-0.4, -0.2) is 42.4 Å². The summed E-state index contributed by atoms with van der Waals surface area (Å²) in [5, 5.41) is 3.18. The molecule has 0 aromatic heterocycles. The molecule has 1 aromatic rings. The van der Waals surface area contributed by atoms with Gasteiger partial charge in [0.15, 0.2) is 0 Å². The highest BCUT2D eigenvalue weighted by molar-refractivity contribution is 5.82. The average molecular weight is 320 g/mol. The van der Waals surface area contributed by atoms with Gasteiger partial charge in [0.2, 0.25) is 0 Å². The summed E-state index contributed by atoms with van der Waals surface area (Å²) in [6.45, 7) is 5.95. The van der Waals surface area contributed by atoms with Crippen molar-refractivity contribution in [3.05, 3.63) is 30.3 Å². The smallest absolute Gasteiger partial charge is 0.429 e. The molecule has 1 heterocycles. The molecule has 1 aromatic carbocycles. The highest BCUT2D eigenvalue weighted by atomic mass is 16.6. The molecule has 1 aliphatic rings. The molecule has 0 saturated carbocycles. The number of hydrazine groups is 1. The number of amides is 1. The standard InChI is InChI=1S/C17H24N2O4/c1-17(2,3)23-16(21)18-12-8-11-14(15(20)22-4)19(18)13-9-6-5-7-10-13/h5-7,9-10,14H,8,11-12H2,1-4H3. The number of nitrogens with zero attached hydrogens (tertiary/aromatic N) is 2. The van der Waals surface area contributed by atoms with E-state index in [4.69, 9.17) is 9.47 Å². The highest BCUT2D eigenvalue weighted by Crippen LogP contribution is 2.28. The molecule has 0 aliphatic carbocycles. The zero-order valence-electron chi connectivity index (χ0n) is 14.1. The van der Waals surface area contributed by atoms with Crippen LogP contribution in [0.2, 0.25) is 0 Å². The van der Waals surface area contributed by atoms with Gasteiger partial charge in [-0.3, -0.25) is 5.01 Å². The highest BCUT2D eigenvalue weighted by Gasteiger charge is 2.39. The summed E-state index contributed by atoms with van der Waals surface area (Å²) < 4.78 is 10.4. The third kappa shape index (κ3) is 4.15. The van der Waals surface area contributed by atoms with E-state index in [9.17, 15) is 9.59 Å². The minimum absolute atomic E-state index is 0.359. The Morgan fingerprint density at radius 3 is 2.39 bits per heavy atom. The molecule has 1 aliphatic heterocycles. The number of esters is 1. The van der Waals surface area contributed by atoms with Crippen molar-refractivity contribution in [2.75, 3.05) is 18.7 Å². The Kier molecular flexibility index (Phi) is 5.13. The zero-order chi connectivity index (χ0) is 17.0. The van der Waals surface area contributed by atoms with Gasteiger partial charge in [-0.15, -0.1) is 0 Å². The van der Waals surface area contributed by atoms with Crippen LogP contribution in [0.4, 0.5) is 10.5 Å². The Hall–Kier alpha value is -2.24. The van der Waals surface area contributed by atoms with Crippen LogP contribution >= 0.6 is 0 Å². The van der Waals surface area contributed by atoms with Gasteiger partial charge in [0.05, 0.1) is 12.8 Å². The summed E-state index contributed by atoms with van der Waals surface area (Å²) in [4.78, 5) is 24.7. The summed E-state index contributed by atoms with van der Waals surface area (Å²) in [5.41, 5.74) is 0.158. The summed E-state index contributed by atoms with van der Waals surface area (Å²) >= 11 is 0. The van der Waals surface area contributed by atoms with Crippen molar-refractivity contribution in [2.45, 2.75) is 45.3 Å². The third-order valence-corrected chi connectivity index (χ3v) is 3.50. The van der Waals surface area contributed by atoms with E-state index in [1.54, 1.807) is 5.01 Å². The fourth-order valence-corrected chi connectivity index (χ4v) is 2.58. The number of ether oxygens (including phenoxy) is 2. The molecule has 6 heteroatoms. The summed E-state index contributed by atoms with van der Waals surface area (Å²) in [6, 6.07) is 8.80. The van der Waals surface area contributed by atoms with E-state index in [0.29, 0.717) is 19.4 Å². The quantitative estimate of drug-likeness (QED) is 0.784. The van der Waals surface area contributed by atoms with E-state index >= 15 is 0 Å². The minimum Gasteiger partial charge on any atom is -0.467 e. The van der Waals surface area contributed by atoms with Crippen LogP contribution in [0, 0.1) is 0 Å². The number of para-hydroxylation sites is 1. The van der Waals surface area contributed by atoms with Crippen molar-refractivity contribution in [2.24, 2.45) is 0 Å². The molecular weight excluding hydrogens is 296 g/mol. The third-order valence-electron chi connectivity index (χ3n) is 3.50. The van der Waals surface area contributed by atoms with Gasteiger partial charge >= 0.3 is 12.1 Å². The minimum atomic E-state index is -0.600. The molecule has 1 unspecified atom stereocenters. The van der Waals surface area contributed by atoms with Crippen molar-refractivity contribution >= 4 is 17.7 Å². The lowest BCUT2D eigenvalue weighted by atomic mass is 10.1. The molecule has 0 spiro atoms. The SMILES string of the molecule is COC(=O)C1CCCN(C(=O)OC(C)(C)C)N1c1ccccc1. The predicted molar refractivity (Wildman–Crippen MR) is 86.9 cm³/mol. The molecule has 1 fully saturated rings. The predicted octanol–water partition coefficient (Wildman–Crippen LogP) is 2.98. The van der Waals surface area contributed by atoms with Gasteiger partial charge in [-0.25, -0.2) is 14.6 Å². The first-order chi connectivity index (χ1) is 10.8. The second-order valence-corrected chi connectivity index (χ2v) is 6.46. The van der Waals surface area contributed by atoms with E-state index in [1.807, 2.05) is 51.1 Å². The molecule has 1 saturated heterocycles. The Morgan fingerprint density at radius 2 is 1.83 bits per heavy atom. The van der Waals surface area contributed by atoms with Crippen LogP contribution in [0.25, 0.3) is 0 Å². The number of carbonyl (C=O) groups excluding carboxylic acids is 2. The largest absolute Gasteiger partial charge is 0.467 e. The number of carbonyl (C=O) groups is 2. The van der Waals surface area contributed by atoms with Crippen LogP contribution in [-0.2, 0) is 14.3 Å². The Labute approximate surface area is 136 Å². The first-order valence-electron chi connectivity index (χ1n) is 7.76. The second-order valence-electron chi connectivity index (χ2n) is 6.46.